The number of carbonyl (C=O) groups is 1. The van der Waals surface area contributed by atoms with Crippen LogP contribution in [-0.4, -0.2) is 23.4 Å². The molecule has 1 heterocycles. The van der Waals surface area contributed by atoms with Gasteiger partial charge in [-0.1, -0.05) is 18.2 Å². The fraction of sp³-hybridized carbons (Fsp3) is 0.562. The highest BCUT2D eigenvalue weighted by Crippen LogP contribution is 2.48. The van der Waals surface area contributed by atoms with Crippen LogP contribution in [0.3, 0.4) is 0 Å². The van der Waals surface area contributed by atoms with Gasteiger partial charge in [0.1, 0.15) is 0 Å². The van der Waals surface area contributed by atoms with E-state index >= 15 is 0 Å². The summed E-state index contributed by atoms with van der Waals surface area (Å²) in [5.41, 5.74) is 0. The van der Waals surface area contributed by atoms with E-state index in [1.165, 1.54) is 0 Å². The summed E-state index contributed by atoms with van der Waals surface area (Å²) in [7, 11) is 0. The van der Waals surface area contributed by atoms with Gasteiger partial charge < -0.3 is 4.90 Å². The second-order valence-corrected chi connectivity index (χ2v) is 5.37. The predicted octanol–water partition coefficient (Wildman–Crippen LogP) is 3.18. The average Bonchev–Trinajstić information content (AvgIpc) is 2.73. The summed E-state index contributed by atoms with van der Waals surface area (Å²) in [4.78, 5) is 14.2. The molecule has 0 bridgehead atoms. The zero-order valence-electron chi connectivity index (χ0n) is 11.1. The van der Waals surface area contributed by atoms with Gasteiger partial charge in [0.2, 0.25) is 5.91 Å². The maximum Gasteiger partial charge on any atom is 0.228 e. The minimum Gasteiger partial charge on any atom is -0.338 e. The smallest absolute Gasteiger partial charge is 0.228 e. The van der Waals surface area contributed by atoms with Crippen LogP contribution in [0.4, 0.5) is 0 Å². The molecule has 4 atom stereocenters. The monoisotopic (exact) mass is 245 g/mol. The van der Waals surface area contributed by atoms with Crippen molar-refractivity contribution in [2.75, 3.05) is 6.54 Å². The fourth-order valence-electron chi connectivity index (χ4n) is 3.44. The standard InChI is InChI=1S/C16H23NO/c1-4-7-8-9-10-17-15-13(6-3)11-12(5-2)14(15)16(17)18/h4-6,12-15H,1-3,7-11H2/t12-,13+,14+,15-/m0/s1. The molecule has 1 saturated heterocycles. The number of hydrogen-bond acceptors (Lipinski definition) is 1. The van der Waals surface area contributed by atoms with Gasteiger partial charge in [0.25, 0.3) is 0 Å². The molecule has 0 N–H and O–H groups in total. The van der Waals surface area contributed by atoms with Crippen LogP contribution in [0.25, 0.3) is 0 Å². The van der Waals surface area contributed by atoms with Gasteiger partial charge >= 0.3 is 0 Å². The molecule has 1 aliphatic carbocycles. The van der Waals surface area contributed by atoms with Crippen molar-refractivity contribution in [1.29, 1.82) is 0 Å². The van der Waals surface area contributed by atoms with Crippen molar-refractivity contribution < 1.29 is 4.79 Å². The van der Waals surface area contributed by atoms with Crippen LogP contribution in [-0.2, 0) is 4.79 Å². The molecule has 18 heavy (non-hydrogen) atoms. The Hall–Kier alpha value is -1.31. The van der Waals surface area contributed by atoms with E-state index < -0.39 is 0 Å². The minimum absolute atomic E-state index is 0.185. The van der Waals surface area contributed by atoms with Gasteiger partial charge in [-0.2, -0.15) is 0 Å². The lowest BCUT2D eigenvalue weighted by Crippen LogP contribution is -2.61. The quantitative estimate of drug-likeness (QED) is 0.383. The van der Waals surface area contributed by atoms with E-state index in [1.807, 2.05) is 18.2 Å². The molecular weight excluding hydrogens is 222 g/mol. The molecule has 98 valence electrons. The molecule has 0 spiro atoms. The second-order valence-electron chi connectivity index (χ2n) is 5.37. The van der Waals surface area contributed by atoms with Gasteiger partial charge in [-0.15, -0.1) is 19.7 Å². The molecule has 0 radical (unpaired) electrons. The van der Waals surface area contributed by atoms with Gasteiger partial charge in [0, 0.05) is 6.54 Å². The van der Waals surface area contributed by atoms with Gasteiger partial charge in [-0.25, -0.2) is 0 Å². The van der Waals surface area contributed by atoms with Crippen LogP contribution in [0.15, 0.2) is 38.0 Å². The highest BCUT2D eigenvalue weighted by atomic mass is 16.2. The molecule has 0 aromatic rings. The Kier molecular flexibility index (Phi) is 4.05. The SMILES string of the molecule is C=CCCCCN1C(=O)[C@H]2[C@@H]1[C@H](C=C)C[C@@H]2C=C. The Labute approximate surface area is 110 Å². The third-order valence-electron chi connectivity index (χ3n) is 4.40. The molecule has 0 aromatic heterocycles. The van der Waals surface area contributed by atoms with Crippen molar-refractivity contribution in [3.8, 4) is 0 Å². The Balaban J connectivity index is 1.94. The Morgan fingerprint density at radius 2 is 1.89 bits per heavy atom. The summed E-state index contributed by atoms with van der Waals surface area (Å²) in [6.07, 6.45) is 10.2. The number of fused-ring (bicyclic) bond motifs is 1. The number of β-lactam (4-membered cyclic amide) rings is 1. The Morgan fingerprint density at radius 1 is 1.17 bits per heavy atom. The lowest BCUT2D eigenvalue weighted by Gasteiger charge is -2.47. The maximum atomic E-state index is 12.2. The number of amides is 1. The lowest BCUT2D eigenvalue weighted by atomic mass is 9.82. The zero-order chi connectivity index (χ0) is 13.1. The number of carbonyl (C=O) groups excluding carboxylic acids is 1. The molecule has 2 fully saturated rings. The van der Waals surface area contributed by atoms with Crippen LogP contribution < -0.4 is 0 Å². The van der Waals surface area contributed by atoms with Gasteiger partial charge in [0.15, 0.2) is 0 Å². The van der Waals surface area contributed by atoms with E-state index in [9.17, 15) is 4.79 Å². The molecule has 0 aromatic carbocycles. The molecule has 0 unspecified atom stereocenters. The molecule has 2 nitrogen and oxygen atoms in total. The number of unbranched alkanes of at least 4 members (excludes halogenated alkanes) is 2. The normalized spacial score (nSPS) is 33.8. The summed E-state index contributed by atoms with van der Waals surface area (Å²) in [5, 5.41) is 0. The third kappa shape index (κ3) is 2.05. The largest absolute Gasteiger partial charge is 0.338 e. The molecular formula is C16H23NO. The van der Waals surface area contributed by atoms with Crippen LogP contribution in [0.5, 0.6) is 0 Å². The first-order valence-electron chi connectivity index (χ1n) is 6.91. The highest BCUT2D eigenvalue weighted by molar-refractivity contribution is 5.87. The van der Waals surface area contributed by atoms with Crippen molar-refractivity contribution in [3.05, 3.63) is 38.0 Å². The first-order valence-corrected chi connectivity index (χ1v) is 6.91. The first-order chi connectivity index (χ1) is 8.74. The van der Waals surface area contributed by atoms with E-state index in [-0.39, 0.29) is 5.92 Å². The molecule has 1 aliphatic heterocycles. The maximum absolute atomic E-state index is 12.2. The van der Waals surface area contributed by atoms with Crippen molar-refractivity contribution in [2.45, 2.75) is 31.7 Å². The molecule has 1 amide bonds. The van der Waals surface area contributed by atoms with Crippen molar-refractivity contribution in [3.63, 3.8) is 0 Å². The number of hydrogen-bond donors (Lipinski definition) is 0. The molecule has 2 aliphatic rings. The van der Waals surface area contributed by atoms with Crippen molar-refractivity contribution in [2.24, 2.45) is 17.8 Å². The van der Waals surface area contributed by atoms with Gasteiger partial charge in [-0.3, -0.25) is 4.79 Å². The predicted molar refractivity (Wildman–Crippen MR) is 75.0 cm³/mol. The molecule has 2 rings (SSSR count). The van der Waals surface area contributed by atoms with E-state index in [2.05, 4.69) is 24.6 Å². The molecule has 1 saturated carbocycles. The number of rotatable bonds is 7. The highest BCUT2D eigenvalue weighted by Gasteiger charge is 2.57. The fourth-order valence-corrected chi connectivity index (χ4v) is 3.44. The minimum atomic E-state index is 0.185. The number of likely N-dealkylation sites (tertiary alicyclic amines) is 1. The van der Waals surface area contributed by atoms with Gasteiger partial charge in [-0.05, 0) is 37.5 Å². The average molecular weight is 245 g/mol. The van der Waals surface area contributed by atoms with Crippen molar-refractivity contribution >= 4 is 5.91 Å². The van der Waals surface area contributed by atoms with E-state index in [1.54, 1.807) is 0 Å². The third-order valence-corrected chi connectivity index (χ3v) is 4.40. The Bertz CT molecular complexity index is 360. The summed E-state index contributed by atoms with van der Waals surface area (Å²) in [6, 6.07) is 0.390. The van der Waals surface area contributed by atoms with Crippen LogP contribution >= 0.6 is 0 Å². The Morgan fingerprint density at radius 3 is 2.50 bits per heavy atom. The van der Waals surface area contributed by atoms with Crippen LogP contribution in [0, 0.1) is 17.8 Å². The van der Waals surface area contributed by atoms with E-state index in [0.717, 1.165) is 32.2 Å². The zero-order valence-corrected chi connectivity index (χ0v) is 11.1. The summed E-state index contributed by atoms with van der Waals surface area (Å²) in [5.74, 6) is 1.32. The first kappa shape index (κ1) is 13.1. The topological polar surface area (TPSA) is 20.3 Å². The van der Waals surface area contributed by atoms with E-state index in [4.69, 9.17) is 0 Å². The van der Waals surface area contributed by atoms with Crippen molar-refractivity contribution in [1.82, 2.24) is 4.90 Å². The summed E-state index contributed by atoms with van der Waals surface area (Å²) < 4.78 is 0. The summed E-state index contributed by atoms with van der Waals surface area (Å²) >= 11 is 0. The lowest BCUT2D eigenvalue weighted by molar-refractivity contribution is -0.156. The number of nitrogens with zero attached hydrogens (tertiary/aromatic N) is 1. The van der Waals surface area contributed by atoms with Gasteiger partial charge in [0.05, 0.1) is 12.0 Å². The van der Waals surface area contributed by atoms with Crippen LogP contribution in [0.2, 0.25) is 0 Å². The molecule has 2 heteroatoms. The van der Waals surface area contributed by atoms with E-state index in [0.29, 0.717) is 23.8 Å². The second kappa shape index (κ2) is 5.55. The van der Waals surface area contributed by atoms with Crippen LogP contribution in [0.1, 0.15) is 25.7 Å². The number of allylic oxidation sites excluding steroid dienone is 2. The summed E-state index contributed by atoms with van der Waals surface area (Å²) in [6.45, 7) is 12.4.